The Hall–Kier alpha value is -3.51. The van der Waals surface area contributed by atoms with Crippen molar-refractivity contribution in [2.45, 2.75) is 13.8 Å². The molecule has 0 aliphatic carbocycles. The zero-order valence-corrected chi connectivity index (χ0v) is 18.3. The van der Waals surface area contributed by atoms with Crippen molar-refractivity contribution in [2.75, 3.05) is 12.0 Å². The van der Waals surface area contributed by atoms with Crippen LogP contribution in [0.25, 0.3) is 6.08 Å². The van der Waals surface area contributed by atoms with Gasteiger partial charge in [-0.3, -0.25) is 9.69 Å². The second-order valence-electron chi connectivity index (χ2n) is 7.22. The molecule has 3 aromatic rings. The van der Waals surface area contributed by atoms with Gasteiger partial charge in [-0.2, -0.15) is 0 Å². The molecule has 1 fully saturated rings. The minimum atomic E-state index is -0.191. The quantitative estimate of drug-likeness (QED) is 0.529. The number of para-hydroxylation sites is 1. The van der Waals surface area contributed by atoms with E-state index >= 15 is 0 Å². The fourth-order valence-electron chi connectivity index (χ4n) is 3.31. The Kier molecular flexibility index (Phi) is 5.82. The number of amides is 1. The molecule has 0 saturated carbocycles. The first kappa shape index (κ1) is 20.8. The standard InChI is InChI=1S/C25H22N2O3S/c1-16-7-4-10-19(13-16)26-25-27(20-11-5-8-17(2)14-20)24(29)22(31-25)15-18-9-6-12-21(30-3)23(18)28/h4-15,28H,1-3H3. The summed E-state index contributed by atoms with van der Waals surface area (Å²) in [4.78, 5) is 20.2. The predicted molar refractivity (Wildman–Crippen MR) is 127 cm³/mol. The molecule has 4 rings (SSSR count). The van der Waals surface area contributed by atoms with E-state index in [1.807, 2.05) is 62.4 Å². The van der Waals surface area contributed by atoms with Gasteiger partial charge in [0.05, 0.1) is 23.4 Å². The lowest BCUT2D eigenvalue weighted by Gasteiger charge is -2.16. The summed E-state index contributed by atoms with van der Waals surface area (Å²) in [5, 5.41) is 11.0. The van der Waals surface area contributed by atoms with Crippen LogP contribution in [0.5, 0.6) is 11.5 Å². The summed E-state index contributed by atoms with van der Waals surface area (Å²) in [5.41, 5.74) is 4.18. The highest BCUT2D eigenvalue weighted by Gasteiger charge is 2.35. The third-order valence-electron chi connectivity index (χ3n) is 4.83. The molecular weight excluding hydrogens is 408 g/mol. The number of phenolic OH excluding ortho intramolecular Hbond substituents is 1. The summed E-state index contributed by atoms with van der Waals surface area (Å²) in [6, 6.07) is 20.8. The molecule has 156 valence electrons. The van der Waals surface area contributed by atoms with Gasteiger partial charge >= 0.3 is 0 Å². The van der Waals surface area contributed by atoms with Crippen molar-refractivity contribution in [2.24, 2.45) is 4.99 Å². The molecule has 1 aliphatic rings. The SMILES string of the molecule is COc1cccc(C=C2SC(=Nc3cccc(C)c3)N(c3cccc(C)c3)C2=O)c1O. The highest BCUT2D eigenvalue weighted by molar-refractivity contribution is 8.19. The van der Waals surface area contributed by atoms with Crippen molar-refractivity contribution in [1.82, 2.24) is 0 Å². The van der Waals surface area contributed by atoms with E-state index in [0.717, 1.165) is 22.5 Å². The number of hydrogen-bond donors (Lipinski definition) is 1. The molecule has 0 spiro atoms. The third-order valence-corrected chi connectivity index (χ3v) is 5.80. The molecule has 0 unspecified atom stereocenters. The topological polar surface area (TPSA) is 62.1 Å². The first-order valence-electron chi connectivity index (χ1n) is 9.78. The second-order valence-corrected chi connectivity index (χ2v) is 8.23. The molecule has 6 heteroatoms. The van der Waals surface area contributed by atoms with Crippen LogP contribution < -0.4 is 9.64 Å². The van der Waals surface area contributed by atoms with Crippen molar-refractivity contribution in [1.29, 1.82) is 0 Å². The normalized spacial score (nSPS) is 16.4. The summed E-state index contributed by atoms with van der Waals surface area (Å²) < 4.78 is 5.19. The Bertz CT molecular complexity index is 1220. The van der Waals surface area contributed by atoms with Crippen LogP contribution in [-0.2, 0) is 4.79 Å². The molecule has 0 atom stereocenters. The van der Waals surface area contributed by atoms with Crippen LogP contribution in [0, 0.1) is 13.8 Å². The molecule has 31 heavy (non-hydrogen) atoms. The van der Waals surface area contributed by atoms with Crippen molar-refractivity contribution < 1.29 is 14.6 Å². The van der Waals surface area contributed by atoms with Gasteiger partial charge in [0, 0.05) is 5.56 Å². The van der Waals surface area contributed by atoms with Crippen LogP contribution in [0.2, 0.25) is 0 Å². The summed E-state index contributed by atoms with van der Waals surface area (Å²) in [7, 11) is 1.49. The lowest BCUT2D eigenvalue weighted by molar-refractivity contribution is -0.113. The Morgan fingerprint density at radius 3 is 2.42 bits per heavy atom. The molecule has 0 radical (unpaired) electrons. The van der Waals surface area contributed by atoms with Gasteiger partial charge in [-0.05, 0) is 73.1 Å². The van der Waals surface area contributed by atoms with E-state index < -0.39 is 0 Å². The number of aromatic hydroxyl groups is 1. The molecular formula is C25H22N2O3S. The van der Waals surface area contributed by atoms with E-state index in [1.165, 1.54) is 18.9 Å². The number of carbonyl (C=O) groups excluding carboxylic acids is 1. The lowest BCUT2D eigenvalue weighted by Crippen LogP contribution is -2.28. The number of nitrogens with zero attached hydrogens (tertiary/aromatic N) is 2. The molecule has 1 amide bonds. The number of aryl methyl sites for hydroxylation is 2. The number of rotatable bonds is 4. The molecule has 0 bridgehead atoms. The average Bonchev–Trinajstić information content (AvgIpc) is 3.04. The number of amidine groups is 1. The smallest absolute Gasteiger partial charge is 0.271 e. The molecule has 1 aliphatic heterocycles. The van der Waals surface area contributed by atoms with Crippen molar-refractivity contribution >= 4 is 40.3 Å². The van der Waals surface area contributed by atoms with Gasteiger partial charge in [0.2, 0.25) is 0 Å². The maximum atomic E-state index is 13.4. The third kappa shape index (κ3) is 4.34. The van der Waals surface area contributed by atoms with Crippen molar-refractivity contribution in [3.05, 3.63) is 88.3 Å². The predicted octanol–water partition coefficient (Wildman–Crippen LogP) is 5.83. The number of anilines is 1. The van der Waals surface area contributed by atoms with E-state index in [0.29, 0.717) is 21.4 Å². The van der Waals surface area contributed by atoms with Gasteiger partial charge in [-0.1, -0.05) is 36.4 Å². The fraction of sp³-hybridized carbons (Fsp3) is 0.120. The molecule has 1 heterocycles. The second kappa shape index (κ2) is 8.70. The van der Waals surface area contributed by atoms with Gasteiger partial charge in [-0.15, -0.1) is 0 Å². The molecule has 0 aromatic heterocycles. The number of benzene rings is 3. The fourth-order valence-corrected chi connectivity index (χ4v) is 4.31. The molecule has 1 N–H and O–H groups in total. The lowest BCUT2D eigenvalue weighted by atomic mass is 10.1. The summed E-state index contributed by atoms with van der Waals surface area (Å²) in [6.07, 6.45) is 1.67. The number of methoxy groups -OCH3 is 1. The highest BCUT2D eigenvalue weighted by atomic mass is 32.2. The Morgan fingerprint density at radius 1 is 1.00 bits per heavy atom. The molecule has 3 aromatic carbocycles. The van der Waals surface area contributed by atoms with E-state index in [9.17, 15) is 9.90 Å². The zero-order chi connectivity index (χ0) is 22.0. The monoisotopic (exact) mass is 430 g/mol. The van der Waals surface area contributed by atoms with Gasteiger partial charge < -0.3 is 9.84 Å². The number of thioether (sulfide) groups is 1. The Labute approximate surface area is 185 Å². The van der Waals surface area contributed by atoms with E-state index in [4.69, 9.17) is 9.73 Å². The highest BCUT2D eigenvalue weighted by Crippen LogP contribution is 2.39. The first-order valence-corrected chi connectivity index (χ1v) is 10.6. The maximum Gasteiger partial charge on any atom is 0.271 e. The minimum absolute atomic E-state index is 0.00271. The van der Waals surface area contributed by atoms with E-state index in [-0.39, 0.29) is 11.7 Å². The van der Waals surface area contributed by atoms with Crippen molar-refractivity contribution in [3.8, 4) is 11.5 Å². The Balaban J connectivity index is 1.81. The van der Waals surface area contributed by atoms with Crippen LogP contribution in [0.4, 0.5) is 11.4 Å². The van der Waals surface area contributed by atoms with Gasteiger partial charge in [0.15, 0.2) is 16.7 Å². The van der Waals surface area contributed by atoms with Gasteiger partial charge in [0.25, 0.3) is 5.91 Å². The van der Waals surface area contributed by atoms with Crippen LogP contribution in [0.1, 0.15) is 16.7 Å². The number of phenols is 1. The number of hydrogen-bond acceptors (Lipinski definition) is 5. The summed E-state index contributed by atoms with van der Waals surface area (Å²) in [6.45, 7) is 3.99. The largest absolute Gasteiger partial charge is 0.504 e. The summed E-state index contributed by atoms with van der Waals surface area (Å²) >= 11 is 1.28. The zero-order valence-electron chi connectivity index (χ0n) is 17.5. The number of ether oxygens (including phenoxy) is 1. The summed E-state index contributed by atoms with van der Waals surface area (Å²) in [5.74, 6) is 0.162. The van der Waals surface area contributed by atoms with Crippen LogP contribution >= 0.6 is 11.8 Å². The molecule has 1 saturated heterocycles. The average molecular weight is 431 g/mol. The number of aliphatic imine (C=N–C) groups is 1. The van der Waals surface area contributed by atoms with E-state index in [2.05, 4.69) is 0 Å². The van der Waals surface area contributed by atoms with Gasteiger partial charge in [0.1, 0.15) is 0 Å². The van der Waals surface area contributed by atoms with E-state index in [1.54, 1.807) is 29.2 Å². The van der Waals surface area contributed by atoms with Gasteiger partial charge in [-0.25, -0.2) is 4.99 Å². The first-order chi connectivity index (χ1) is 15.0. The number of carbonyl (C=O) groups is 1. The maximum absolute atomic E-state index is 13.4. The van der Waals surface area contributed by atoms with Crippen LogP contribution in [-0.4, -0.2) is 23.3 Å². The van der Waals surface area contributed by atoms with Crippen molar-refractivity contribution in [3.63, 3.8) is 0 Å². The minimum Gasteiger partial charge on any atom is -0.504 e. The van der Waals surface area contributed by atoms with Crippen LogP contribution in [0.15, 0.2) is 76.6 Å². The Morgan fingerprint density at radius 2 is 1.71 bits per heavy atom. The molecule has 5 nitrogen and oxygen atoms in total. The van der Waals surface area contributed by atoms with Crippen LogP contribution in [0.3, 0.4) is 0 Å².